The molecule has 0 bridgehead atoms. The van der Waals surface area contributed by atoms with Crippen LogP contribution >= 0.6 is 0 Å². The highest BCUT2D eigenvalue weighted by Crippen LogP contribution is 2.02. The van der Waals surface area contributed by atoms with Gasteiger partial charge in [0.25, 0.3) is 0 Å². The van der Waals surface area contributed by atoms with Gasteiger partial charge in [-0.15, -0.1) is 0 Å². The fraction of sp³-hybridized carbons (Fsp3) is 0. The van der Waals surface area contributed by atoms with Gasteiger partial charge in [0.05, 0.1) is 0 Å². The highest BCUT2D eigenvalue weighted by Gasteiger charge is 2.09. The molecule has 0 aliphatic rings. The normalized spacial score (nSPS) is 11.3. The first-order chi connectivity index (χ1) is 5.15. The highest BCUT2D eigenvalue weighted by molar-refractivity contribution is 6.45. The maximum Gasteiger partial charge on any atom is 0.194 e. The summed E-state index contributed by atoms with van der Waals surface area (Å²) in [6.07, 6.45) is 0. The Kier molecular flexibility index (Phi) is 2.30. The zero-order valence-electron chi connectivity index (χ0n) is 5.44. The SMILES string of the molecule is O[SiH2]c1c(F)cc(F)cc1F. The molecular weight excluding hydrogens is 173 g/mol. The van der Waals surface area contributed by atoms with Crippen LogP contribution in [0, 0.1) is 17.5 Å². The van der Waals surface area contributed by atoms with Gasteiger partial charge in [0.2, 0.25) is 0 Å². The third-order valence-corrected chi connectivity index (χ3v) is 2.26. The summed E-state index contributed by atoms with van der Waals surface area (Å²) in [4.78, 5) is 8.53. The van der Waals surface area contributed by atoms with Crippen LogP contribution in [0.1, 0.15) is 0 Å². The van der Waals surface area contributed by atoms with Gasteiger partial charge in [-0.05, 0) is 0 Å². The van der Waals surface area contributed by atoms with E-state index in [2.05, 4.69) is 0 Å². The molecule has 5 heteroatoms. The van der Waals surface area contributed by atoms with Crippen LogP contribution in [-0.2, 0) is 0 Å². The Balaban J connectivity index is 3.25. The molecule has 0 atom stereocenters. The molecule has 1 aromatic rings. The van der Waals surface area contributed by atoms with Crippen molar-refractivity contribution in [2.75, 3.05) is 0 Å². The average Bonchev–Trinajstić information content (AvgIpc) is 1.85. The first kappa shape index (κ1) is 8.29. The molecule has 0 aliphatic carbocycles. The van der Waals surface area contributed by atoms with E-state index in [4.69, 9.17) is 4.80 Å². The van der Waals surface area contributed by atoms with Gasteiger partial charge in [0, 0.05) is 17.3 Å². The lowest BCUT2D eigenvalue weighted by Crippen LogP contribution is -2.22. The minimum atomic E-state index is -1.90. The Labute approximate surface area is 63.4 Å². The highest BCUT2D eigenvalue weighted by atomic mass is 28.2. The smallest absolute Gasteiger partial charge is 0.194 e. The maximum absolute atomic E-state index is 12.5. The lowest BCUT2D eigenvalue weighted by molar-refractivity contribution is 0.546. The molecule has 60 valence electrons. The van der Waals surface area contributed by atoms with Gasteiger partial charge < -0.3 is 4.80 Å². The molecular formula is C6H5F3OSi. The lowest BCUT2D eigenvalue weighted by atomic mass is 10.3. The lowest BCUT2D eigenvalue weighted by Gasteiger charge is -1.99. The predicted molar refractivity (Wildman–Crippen MR) is 36.7 cm³/mol. The molecule has 1 rings (SSSR count). The molecule has 1 aromatic carbocycles. The van der Waals surface area contributed by atoms with Gasteiger partial charge in [0.15, 0.2) is 9.76 Å². The van der Waals surface area contributed by atoms with Crippen LogP contribution in [-0.4, -0.2) is 14.6 Å². The van der Waals surface area contributed by atoms with E-state index in [0.29, 0.717) is 12.1 Å². The summed E-state index contributed by atoms with van der Waals surface area (Å²) in [6, 6.07) is 1.11. The van der Waals surface area contributed by atoms with Gasteiger partial charge in [0.1, 0.15) is 17.5 Å². The largest absolute Gasteiger partial charge is 0.433 e. The average molecular weight is 178 g/mol. The van der Waals surface area contributed by atoms with E-state index >= 15 is 0 Å². The monoisotopic (exact) mass is 178 g/mol. The van der Waals surface area contributed by atoms with E-state index in [0.717, 1.165) is 0 Å². The molecule has 0 saturated carbocycles. The molecule has 0 aliphatic heterocycles. The predicted octanol–water partition coefficient (Wildman–Crippen LogP) is -0.195. The summed E-state index contributed by atoms with van der Waals surface area (Å²) in [5.41, 5.74) is 0. The second-order valence-corrected chi connectivity index (χ2v) is 3.03. The van der Waals surface area contributed by atoms with Gasteiger partial charge in [-0.25, -0.2) is 13.2 Å². The standard InChI is InChI=1S/C6H5F3OSi/c7-3-1-4(8)6(11-10)5(9)2-3/h1-2,10H,11H2. The van der Waals surface area contributed by atoms with E-state index in [-0.39, 0.29) is 5.19 Å². The first-order valence-corrected chi connectivity index (χ1v) is 4.23. The number of hydrogen-bond donors (Lipinski definition) is 1. The second-order valence-electron chi connectivity index (χ2n) is 2.01. The third-order valence-electron chi connectivity index (χ3n) is 1.26. The van der Waals surface area contributed by atoms with Crippen LogP contribution in [0.4, 0.5) is 13.2 Å². The van der Waals surface area contributed by atoms with Crippen LogP contribution in [0.25, 0.3) is 0 Å². The number of hydrogen-bond acceptors (Lipinski definition) is 1. The van der Waals surface area contributed by atoms with Crippen molar-refractivity contribution in [2.45, 2.75) is 0 Å². The van der Waals surface area contributed by atoms with Crippen LogP contribution in [0.2, 0.25) is 0 Å². The minimum absolute atomic E-state index is 0.369. The van der Waals surface area contributed by atoms with E-state index < -0.39 is 27.2 Å². The second kappa shape index (κ2) is 3.06. The summed E-state index contributed by atoms with van der Waals surface area (Å²) in [6.45, 7) is 0. The molecule has 0 spiro atoms. The first-order valence-electron chi connectivity index (χ1n) is 2.89. The fourth-order valence-electron chi connectivity index (χ4n) is 0.723. The summed E-state index contributed by atoms with van der Waals surface area (Å²) in [5.74, 6) is -2.97. The molecule has 0 radical (unpaired) electrons. The summed E-state index contributed by atoms with van der Waals surface area (Å²) in [5, 5.41) is -0.369. The van der Waals surface area contributed by atoms with Crippen molar-refractivity contribution in [1.82, 2.24) is 0 Å². The van der Waals surface area contributed by atoms with Gasteiger partial charge in [-0.2, -0.15) is 0 Å². The van der Waals surface area contributed by atoms with Crippen molar-refractivity contribution in [2.24, 2.45) is 0 Å². The fourth-order valence-corrected chi connectivity index (χ4v) is 1.23. The van der Waals surface area contributed by atoms with Crippen LogP contribution in [0.5, 0.6) is 0 Å². The number of benzene rings is 1. The molecule has 0 aromatic heterocycles. The van der Waals surface area contributed by atoms with Crippen molar-refractivity contribution < 1.29 is 18.0 Å². The summed E-state index contributed by atoms with van der Waals surface area (Å²) in [7, 11) is -1.90. The van der Waals surface area contributed by atoms with Gasteiger partial charge in [-0.1, -0.05) is 0 Å². The van der Waals surface area contributed by atoms with Crippen LogP contribution < -0.4 is 5.19 Å². The Morgan fingerprint density at radius 1 is 1.09 bits per heavy atom. The number of halogens is 3. The Morgan fingerprint density at radius 3 is 1.91 bits per heavy atom. The van der Waals surface area contributed by atoms with Crippen molar-refractivity contribution in [1.29, 1.82) is 0 Å². The molecule has 0 saturated heterocycles. The Morgan fingerprint density at radius 2 is 1.55 bits per heavy atom. The summed E-state index contributed by atoms with van der Waals surface area (Å²) >= 11 is 0. The van der Waals surface area contributed by atoms with Crippen molar-refractivity contribution in [3.8, 4) is 0 Å². The minimum Gasteiger partial charge on any atom is -0.433 e. The molecule has 1 nitrogen and oxygen atoms in total. The topological polar surface area (TPSA) is 20.2 Å². The van der Waals surface area contributed by atoms with Crippen LogP contribution in [0.3, 0.4) is 0 Å². The van der Waals surface area contributed by atoms with Crippen molar-refractivity contribution in [3.05, 3.63) is 29.6 Å². The molecule has 1 N–H and O–H groups in total. The Bertz CT molecular complexity index is 254. The van der Waals surface area contributed by atoms with E-state index in [9.17, 15) is 13.2 Å². The van der Waals surface area contributed by atoms with Crippen molar-refractivity contribution >= 4 is 14.9 Å². The van der Waals surface area contributed by atoms with Gasteiger partial charge >= 0.3 is 0 Å². The quantitative estimate of drug-likeness (QED) is 0.591. The summed E-state index contributed by atoms with van der Waals surface area (Å²) < 4.78 is 37.2. The van der Waals surface area contributed by atoms with E-state index in [1.807, 2.05) is 0 Å². The third kappa shape index (κ3) is 1.61. The van der Waals surface area contributed by atoms with Gasteiger partial charge in [-0.3, -0.25) is 0 Å². The molecule has 0 unspecified atom stereocenters. The maximum atomic E-state index is 12.5. The zero-order chi connectivity index (χ0) is 8.43. The Hall–Kier alpha value is -0.813. The molecule has 0 heterocycles. The van der Waals surface area contributed by atoms with Crippen LogP contribution in [0.15, 0.2) is 12.1 Å². The molecule has 0 fully saturated rings. The molecule has 0 amide bonds. The van der Waals surface area contributed by atoms with E-state index in [1.165, 1.54) is 0 Å². The number of rotatable bonds is 1. The van der Waals surface area contributed by atoms with Crippen molar-refractivity contribution in [3.63, 3.8) is 0 Å². The van der Waals surface area contributed by atoms with E-state index in [1.54, 1.807) is 0 Å². The zero-order valence-corrected chi connectivity index (χ0v) is 6.86. The molecule has 11 heavy (non-hydrogen) atoms.